The highest BCUT2D eigenvalue weighted by atomic mass is 14.1. The lowest BCUT2D eigenvalue weighted by Gasteiger charge is -2.09. The molecule has 0 N–H and O–H groups in total. The van der Waals surface area contributed by atoms with Crippen molar-refractivity contribution in [3.05, 3.63) is 59.2 Å². The van der Waals surface area contributed by atoms with E-state index in [0.29, 0.717) is 0 Å². The standard InChI is InChI=1S/C17H16/c1-11-7-8-15-9-16-12(2)5-4-6-14(16)10-17(15)13(11)3/h4-10H,1-3H3. The van der Waals surface area contributed by atoms with E-state index in [1.54, 1.807) is 0 Å². The molecular formula is C17H16. The van der Waals surface area contributed by atoms with Crippen molar-refractivity contribution in [3.8, 4) is 0 Å². The van der Waals surface area contributed by atoms with E-state index in [4.69, 9.17) is 0 Å². The summed E-state index contributed by atoms with van der Waals surface area (Å²) in [6.07, 6.45) is 0. The normalized spacial score (nSPS) is 11.2. The molecule has 3 aromatic carbocycles. The first kappa shape index (κ1) is 10.3. The molecule has 0 spiro atoms. The van der Waals surface area contributed by atoms with E-state index in [9.17, 15) is 0 Å². The Labute approximate surface area is 102 Å². The van der Waals surface area contributed by atoms with E-state index in [1.165, 1.54) is 38.2 Å². The molecule has 0 heterocycles. The van der Waals surface area contributed by atoms with Crippen molar-refractivity contribution in [2.24, 2.45) is 0 Å². The third-order valence-electron chi connectivity index (χ3n) is 3.78. The van der Waals surface area contributed by atoms with Gasteiger partial charge in [-0.05, 0) is 71.1 Å². The summed E-state index contributed by atoms with van der Waals surface area (Å²) in [7, 11) is 0. The fourth-order valence-electron chi connectivity index (χ4n) is 2.51. The van der Waals surface area contributed by atoms with E-state index >= 15 is 0 Å². The third kappa shape index (κ3) is 1.52. The first-order valence-corrected chi connectivity index (χ1v) is 6.06. The van der Waals surface area contributed by atoms with Crippen LogP contribution >= 0.6 is 0 Å². The van der Waals surface area contributed by atoms with Gasteiger partial charge in [-0.3, -0.25) is 0 Å². The van der Waals surface area contributed by atoms with Crippen molar-refractivity contribution < 1.29 is 0 Å². The van der Waals surface area contributed by atoms with Crippen molar-refractivity contribution in [1.29, 1.82) is 0 Å². The number of hydrogen-bond donors (Lipinski definition) is 0. The summed E-state index contributed by atoms with van der Waals surface area (Å²) in [6, 6.07) is 15.6. The first-order chi connectivity index (χ1) is 8.16. The van der Waals surface area contributed by atoms with E-state index in [1.807, 2.05) is 0 Å². The minimum atomic E-state index is 1.34. The maximum atomic E-state index is 2.32. The predicted molar refractivity (Wildman–Crippen MR) is 75.7 cm³/mol. The van der Waals surface area contributed by atoms with Gasteiger partial charge in [0.25, 0.3) is 0 Å². The molecule has 0 saturated heterocycles. The van der Waals surface area contributed by atoms with Crippen LogP contribution in [0.5, 0.6) is 0 Å². The van der Waals surface area contributed by atoms with Crippen LogP contribution in [0.3, 0.4) is 0 Å². The number of aryl methyl sites for hydroxylation is 3. The fourth-order valence-corrected chi connectivity index (χ4v) is 2.51. The van der Waals surface area contributed by atoms with Crippen LogP contribution in [-0.2, 0) is 0 Å². The molecular weight excluding hydrogens is 204 g/mol. The Morgan fingerprint density at radius 3 is 2.18 bits per heavy atom. The minimum Gasteiger partial charge on any atom is -0.0614 e. The number of fused-ring (bicyclic) bond motifs is 2. The summed E-state index contributed by atoms with van der Waals surface area (Å²) < 4.78 is 0. The molecule has 0 fully saturated rings. The summed E-state index contributed by atoms with van der Waals surface area (Å²) in [5.41, 5.74) is 4.11. The van der Waals surface area contributed by atoms with E-state index in [2.05, 4.69) is 63.2 Å². The van der Waals surface area contributed by atoms with Crippen LogP contribution in [0.2, 0.25) is 0 Å². The largest absolute Gasteiger partial charge is 0.0614 e. The summed E-state index contributed by atoms with van der Waals surface area (Å²) >= 11 is 0. The Kier molecular flexibility index (Phi) is 2.19. The van der Waals surface area contributed by atoms with Crippen LogP contribution in [-0.4, -0.2) is 0 Å². The van der Waals surface area contributed by atoms with Gasteiger partial charge in [0.1, 0.15) is 0 Å². The van der Waals surface area contributed by atoms with Crippen molar-refractivity contribution >= 4 is 21.5 Å². The molecule has 0 aliphatic heterocycles. The predicted octanol–water partition coefficient (Wildman–Crippen LogP) is 4.92. The zero-order valence-corrected chi connectivity index (χ0v) is 10.5. The second kappa shape index (κ2) is 3.59. The lowest BCUT2D eigenvalue weighted by molar-refractivity contribution is 1.38. The average Bonchev–Trinajstić information content (AvgIpc) is 2.33. The van der Waals surface area contributed by atoms with Gasteiger partial charge in [-0.1, -0.05) is 30.3 Å². The van der Waals surface area contributed by atoms with Crippen molar-refractivity contribution in [2.75, 3.05) is 0 Å². The summed E-state index contributed by atoms with van der Waals surface area (Å²) in [5, 5.41) is 5.42. The number of benzene rings is 3. The smallest absolute Gasteiger partial charge is 0.0146 e. The van der Waals surface area contributed by atoms with Gasteiger partial charge in [0.15, 0.2) is 0 Å². The van der Waals surface area contributed by atoms with Gasteiger partial charge in [0, 0.05) is 0 Å². The van der Waals surface area contributed by atoms with Crippen LogP contribution in [0.25, 0.3) is 21.5 Å². The van der Waals surface area contributed by atoms with E-state index < -0.39 is 0 Å². The Balaban J connectivity index is 2.52. The van der Waals surface area contributed by atoms with Gasteiger partial charge in [0.2, 0.25) is 0 Å². The molecule has 0 heteroatoms. The molecule has 0 aromatic heterocycles. The molecule has 0 radical (unpaired) electrons. The van der Waals surface area contributed by atoms with Crippen molar-refractivity contribution in [2.45, 2.75) is 20.8 Å². The topological polar surface area (TPSA) is 0 Å². The number of hydrogen-bond acceptors (Lipinski definition) is 0. The average molecular weight is 220 g/mol. The van der Waals surface area contributed by atoms with Crippen LogP contribution < -0.4 is 0 Å². The minimum absolute atomic E-state index is 1.34. The molecule has 3 rings (SSSR count). The van der Waals surface area contributed by atoms with Crippen LogP contribution in [0, 0.1) is 20.8 Å². The second-order valence-electron chi connectivity index (χ2n) is 4.88. The Hall–Kier alpha value is -1.82. The maximum Gasteiger partial charge on any atom is -0.0146 e. The van der Waals surface area contributed by atoms with Gasteiger partial charge in [-0.25, -0.2) is 0 Å². The quantitative estimate of drug-likeness (QED) is 0.472. The Morgan fingerprint density at radius 1 is 0.647 bits per heavy atom. The van der Waals surface area contributed by atoms with Gasteiger partial charge >= 0.3 is 0 Å². The lowest BCUT2D eigenvalue weighted by Crippen LogP contribution is -1.85. The molecule has 0 nitrogen and oxygen atoms in total. The monoisotopic (exact) mass is 220 g/mol. The molecule has 0 saturated carbocycles. The highest BCUT2D eigenvalue weighted by molar-refractivity contribution is 6.01. The second-order valence-corrected chi connectivity index (χ2v) is 4.88. The molecule has 17 heavy (non-hydrogen) atoms. The molecule has 0 aliphatic rings. The van der Waals surface area contributed by atoms with Crippen molar-refractivity contribution in [1.82, 2.24) is 0 Å². The zero-order chi connectivity index (χ0) is 12.0. The molecule has 3 aromatic rings. The molecule has 84 valence electrons. The highest BCUT2D eigenvalue weighted by Crippen LogP contribution is 2.28. The highest BCUT2D eigenvalue weighted by Gasteiger charge is 2.03. The van der Waals surface area contributed by atoms with Gasteiger partial charge in [-0.15, -0.1) is 0 Å². The maximum absolute atomic E-state index is 2.32. The van der Waals surface area contributed by atoms with Crippen molar-refractivity contribution in [3.63, 3.8) is 0 Å². The fraction of sp³-hybridized carbons (Fsp3) is 0.176. The third-order valence-corrected chi connectivity index (χ3v) is 3.78. The summed E-state index contributed by atoms with van der Waals surface area (Å²) in [5.74, 6) is 0. The molecule has 0 unspecified atom stereocenters. The lowest BCUT2D eigenvalue weighted by atomic mass is 9.96. The Morgan fingerprint density at radius 2 is 1.35 bits per heavy atom. The van der Waals surface area contributed by atoms with E-state index in [0.717, 1.165) is 0 Å². The Bertz CT molecular complexity index is 721. The van der Waals surface area contributed by atoms with Crippen LogP contribution in [0.1, 0.15) is 16.7 Å². The number of rotatable bonds is 0. The molecule has 0 amide bonds. The van der Waals surface area contributed by atoms with Crippen LogP contribution in [0.4, 0.5) is 0 Å². The molecule has 0 bridgehead atoms. The van der Waals surface area contributed by atoms with Gasteiger partial charge in [-0.2, -0.15) is 0 Å². The summed E-state index contributed by atoms with van der Waals surface area (Å²) in [4.78, 5) is 0. The van der Waals surface area contributed by atoms with Crippen LogP contribution in [0.15, 0.2) is 42.5 Å². The van der Waals surface area contributed by atoms with E-state index in [-0.39, 0.29) is 0 Å². The SMILES string of the molecule is Cc1ccc2cc3c(C)cccc3cc2c1C. The van der Waals surface area contributed by atoms with Gasteiger partial charge < -0.3 is 0 Å². The molecule has 0 atom stereocenters. The zero-order valence-electron chi connectivity index (χ0n) is 10.5. The van der Waals surface area contributed by atoms with Gasteiger partial charge in [0.05, 0.1) is 0 Å². The summed E-state index contributed by atoms with van der Waals surface area (Å²) in [6.45, 7) is 6.56. The first-order valence-electron chi connectivity index (χ1n) is 6.06. The molecule has 0 aliphatic carbocycles.